The molecule has 0 atom stereocenters. The first-order valence-corrected chi connectivity index (χ1v) is 7.28. The molecule has 0 saturated heterocycles. The van der Waals surface area contributed by atoms with Crippen molar-refractivity contribution in [3.05, 3.63) is 17.6 Å². The summed E-state index contributed by atoms with van der Waals surface area (Å²) in [6.45, 7) is 7.12. The van der Waals surface area contributed by atoms with Gasteiger partial charge in [0.15, 0.2) is 0 Å². The van der Waals surface area contributed by atoms with Gasteiger partial charge in [-0.3, -0.25) is 0 Å². The Morgan fingerprint density at radius 1 is 1.47 bits per heavy atom. The molecule has 1 fully saturated rings. The molecule has 1 aromatic heterocycles. The van der Waals surface area contributed by atoms with Crippen LogP contribution in [-0.2, 0) is 0 Å². The molecule has 104 valence electrons. The van der Waals surface area contributed by atoms with E-state index >= 15 is 0 Å². The molecule has 0 unspecified atom stereocenters. The lowest BCUT2D eigenvalue weighted by molar-refractivity contribution is 0.733. The lowest BCUT2D eigenvalue weighted by Gasteiger charge is -2.24. The fourth-order valence-electron chi connectivity index (χ4n) is 2.08. The van der Waals surface area contributed by atoms with Crippen molar-refractivity contribution in [3.8, 4) is 0 Å². The average Bonchev–Trinajstić information content (AvgIpc) is 3.12. The quantitative estimate of drug-likeness (QED) is 0.810. The number of aryl methyl sites for hydroxylation is 1. The number of thiocarbonyl (C=S) groups is 1. The third kappa shape index (κ3) is 3.86. The smallest absolute Gasteiger partial charge is 0.133 e. The highest BCUT2D eigenvalue weighted by Crippen LogP contribution is 2.31. The fraction of sp³-hybridized carbons (Fsp3) is 0.643. The number of rotatable bonds is 6. The maximum absolute atomic E-state index is 5.62. The summed E-state index contributed by atoms with van der Waals surface area (Å²) in [5.74, 6) is 2.28. The fourth-order valence-corrected chi connectivity index (χ4v) is 2.17. The second-order valence-corrected chi connectivity index (χ2v) is 6.05. The van der Waals surface area contributed by atoms with Crippen LogP contribution >= 0.6 is 12.2 Å². The summed E-state index contributed by atoms with van der Waals surface area (Å²) in [7, 11) is 0. The molecule has 2 N–H and O–H groups in total. The van der Waals surface area contributed by atoms with Gasteiger partial charge >= 0.3 is 0 Å². The van der Waals surface area contributed by atoms with Crippen LogP contribution in [0.1, 0.15) is 50.5 Å². The van der Waals surface area contributed by atoms with Gasteiger partial charge in [0, 0.05) is 36.7 Å². The molecule has 5 heteroatoms. The van der Waals surface area contributed by atoms with Crippen LogP contribution in [0.2, 0.25) is 0 Å². The Hall–Kier alpha value is -1.23. The van der Waals surface area contributed by atoms with Crippen LogP contribution in [0.25, 0.3) is 0 Å². The molecule has 0 spiro atoms. The monoisotopic (exact) mass is 278 g/mol. The zero-order valence-electron chi connectivity index (χ0n) is 11.9. The van der Waals surface area contributed by atoms with E-state index in [4.69, 9.17) is 22.9 Å². The summed E-state index contributed by atoms with van der Waals surface area (Å²) in [6, 6.07) is 2.66. The molecule has 0 aromatic carbocycles. The van der Waals surface area contributed by atoms with E-state index in [1.807, 2.05) is 6.92 Å². The van der Waals surface area contributed by atoms with Crippen LogP contribution in [0.4, 0.5) is 5.82 Å². The Morgan fingerprint density at radius 3 is 2.68 bits per heavy atom. The van der Waals surface area contributed by atoms with Gasteiger partial charge in [-0.2, -0.15) is 0 Å². The summed E-state index contributed by atoms with van der Waals surface area (Å²) in [5.41, 5.74) is 6.64. The van der Waals surface area contributed by atoms with Gasteiger partial charge in [-0.05, 0) is 19.8 Å². The molecular formula is C14H22N4S. The Labute approximate surface area is 120 Å². The Morgan fingerprint density at radius 2 is 2.16 bits per heavy atom. The second kappa shape index (κ2) is 5.82. The second-order valence-electron chi connectivity index (χ2n) is 5.52. The zero-order chi connectivity index (χ0) is 14.0. The van der Waals surface area contributed by atoms with Crippen molar-refractivity contribution in [1.82, 2.24) is 9.97 Å². The molecule has 0 amide bonds. The van der Waals surface area contributed by atoms with Gasteiger partial charge in [-0.15, -0.1) is 0 Å². The van der Waals surface area contributed by atoms with Gasteiger partial charge < -0.3 is 10.6 Å². The lowest BCUT2D eigenvalue weighted by Crippen LogP contribution is -2.30. The van der Waals surface area contributed by atoms with Crippen molar-refractivity contribution >= 4 is 23.0 Å². The van der Waals surface area contributed by atoms with Crippen LogP contribution in [-0.4, -0.2) is 27.5 Å². The zero-order valence-corrected chi connectivity index (χ0v) is 12.7. The summed E-state index contributed by atoms with van der Waals surface area (Å²) in [4.78, 5) is 12.1. The number of aromatic nitrogens is 2. The van der Waals surface area contributed by atoms with E-state index in [1.54, 1.807) is 0 Å². The first kappa shape index (κ1) is 14.2. The predicted octanol–water partition coefficient (Wildman–Crippen LogP) is 2.55. The van der Waals surface area contributed by atoms with E-state index < -0.39 is 0 Å². The van der Waals surface area contributed by atoms with Gasteiger partial charge in [-0.25, -0.2) is 9.97 Å². The summed E-state index contributed by atoms with van der Waals surface area (Å²) in [5, 5.41) is 0. The van der Waals surface area contributed by atoms with E-state index in [-0.39, 0.29) is 0 Å². The maximum atomic E-state index is 5.62. The van der Waals surface area contributed by atoms with Crippen molar-refractivity contribution in [2.75, 3.05) is 11.4 Å². The Balaban J connectivity index is 2.22. The minimum absolute atomic E-state index is 0.343. The normalized spacial score (nSPS) is 14.7. The molecule has 1 aliphatic carbocycles. The van der Waals surface area contributed by atoms with Crippen LogP contribution in [0.5, 0.6) is 0 Å². The molecule has 0 radical (unpaired) electrons. The number of nitrogens with two attached hydrogens (primary N) is 1. The summed E-state index contributed by atoms with van der Waals surface area (Å²) in [6.07, 6.45) is 3.21. The van der Waals surface area contributed by atoms with E-state index in [9.17, 15) is 0 Å². The van der Waals surface area contributed by atoms with Crippen LogP contribution in [0.15, 0.2) is 6.07 Å². The Bertz CT molecular complexity index is 469. The average molecular weight is 278 g/mol. The molecule has 0 aliphatic heterocycles. The van der Waals surface area contributed by atoms with Gasteiger partial charge in [0.2, 0.25) is 0 Å². The van der Waals surface area contributed by atoms with Gasteiger partial charge in [0.25, 0.3) is 0 Å². The third-order valence-corrected chi connectivity index (χ3v) is 3.46. The summed E-state index contributed by atoms with van der Waals surface area (Å²) >= 11 is 4.98. The minimum atomic E-state index is 0.343. The van der Waals surface area contributed by atoms with Crippen LogP contribution in [0.3, 0.4) is 0 Å². The molecule has 1 aromatic rings. The summed E-state index contributed by atoms with van der Waals surface area (Å²) < 4.78 is 0. The first-order chi connectivity index (χ1) is 8.97. The molecular weight excluding hydrogens is 256 g/mol. The van der Waals surface area contributed by atoms with E-state index in [1.165, 1.54) is 12.8 Å². The van der Waals surface area contributed by atoms with Crippen molar-refractivity contribution < 1.29 is 0 Å². The molecule has 1 aliphatic rings. The predicted molar refractivity (Wildman–Crippen MR) is 82.6 cm³/mol. The highest BCUT2D eigenvalue weighted by Gasteiger charge is 2.30. The maximum Gasteiger partial charge on any atom is 0.133 e. The molecule has 1 saturated carbocycles. The van der Waals surface area contributed by atoms with Gasteiger partial charge in [-0.1, -0.05) is 26.1 Å². The Kier molecular flexibility index (Phi) is 4.34. The van der Waals surface area contributed by atoms with E-state index in [0.717, 1.165) is 30.3 Å². The van der Waals surface area contributed by atoms with Gasteiger partial charge in [0.05, 0.1) is 4.99 Å². The number of nitrogens with zero attached hydrogens (tertiary/aromatic N) is 3. The molecule has 1 heterocycles. The van der Waals surface area contributed by atoms with Crippen LogP contribution in [0, 0.1) is 6.92 Å². The molecule has 2 rings (SSSR count). The van der Waals surface area contributed by atoms with Gasteiger partial charge in [0.1, 0.15) is 11.6 Å². The number of hydrogen-bond acceptors (Lipinski definition) is 4. The molecule has 0 bridgehead atoms. The van der Waals surface area contributed by atoms with E-state index in [2.05, 4.69) is 29.8 Å². The molecule has 4 nitrogen and oxygen atoms in total. The highest BCUT2D eigenvalue weighted by atomic mass is 32.1. The largest absolute Gasteiger partial charge is 0.393 e. The SMILES string of the molecule is Cc1cc(N(CCC(N)=S)C2CC2)nc(C(C)C)n1. The lowest BCUT2D eigenvalue weighted by atomic mass is 10.2. The third-order valence-electron chi connectivity index (χ3n) is 3.26. The standard InChI is InChI=1S/C14H22N4S/c1-9(2)14-16-10(3)8-13(17-14)18(11-4-5-11)7-6-12(15)19/h8-9,11H,4-7H2,1-3H3,(H2,15,19). The number of anilines is 1. The van der Waals surface area contributed by atoms with Crippen molar-refractivity contribution in [1.29, 1.82) is 0 Å². The van der Waals surface area contributed by atoms with Crippen molar-refractivity contribution in [3.63, 3.8) is 0 Å². The van der Waals surface area contributed by atoms with Crippen molar-refractivity contribution in [2.24, 2.45) is 5.73 Å². The van der Waals surface area contributed by atoms with Crippen molar-refractivity contribution in [2.45, 2.75) is 52.0 Å². The highest BCUT2D eigenvalue weighted by molar-refractivity contribution is 7.80. The molecule has 19 heavy (non-hydrogen) atoms. The van der Waals surface area contributed by atoms with E-state index in [0.29, 0.717) is 16.9 Å². The number of hydrogen-bond donors (Lipinski definition) is 1. The van der Waals surface area contributed by atoms with Crippen LogP contribution < -0.4 is 10.6 Å². The topological polar surface area (TPSA) is 55.0 Å². The first-order valence-electron chi connectivity index (χ1n) is 6.88. The minimum Gasteiger partial charge on any atom is -0.393 e.